The highest BCUT2D eigenvalue weighted by atomic mass is 79.9. The van der Waals surface area contributed by atoms with Gasteiger partial charge in [-0.05, 0) is 25.5 Å². The number of carbonyl (C=O) groups is 1. The summed E-state index contributed by atoms with van der Waals surface area (Å²) in [5, 5.41) is 0. The molecule has 5 heteroatoms. The summed E-state index contributed by atoms with van der Waals surface area (Å²) >= 11 is 3.52. The molecular weight excluding hydrogens is 308 g/mol. The highest BCUT2D eigenvalue weighted by molar-refractivity contribution is 9.10. The number of hydrogen-bond donors (Lipinski definition) is 1. The summed E-state index contributed by atoms with van der Waals surface area (Å²) in [6, 6.07) is 7.92. The van der Waals surface area contributed by atoms with E-state index in [1.54, 1.807) is 18.7 Å². The van der Waals surface area contributed by atoms with Crippen LogP contribution in [0.15, 0.2) is 28.7 Å². The molecule has 0 spiro atoms. The summed E-state index contributed by atoms with van der Waals surface area (Å²) in [5.74, 6) is -0.0344. The molecule has 1 heterocycles. The first-order valence-corrected chi connectivity index (χ1v) is 7.13. The molecule has 1 aromatic carbocycles. The van der Waals surface area contributed by atoms with Crippen molar-refractivity contribution in [1.82, 2.24) is 4.90 Å². The van der Waals surface area contributed by atoms with Crippen LogP contribution in [0.5, 0.6) is 0 Å². The van der Waals surface area contributed by atoms with Gasteiger partial charge in [0.25, 0.3) is 0 Å². The molecule has 2 rings (SSSR count). The standard InChI is InChI=1S/C14H19BrN2O2/c1-14(2,16)13(18)17-7-8-19-12(9-17)10-5-3-4-6-11(10)15/h3-6,12H,7-9,16H2,1-2H3. The van der Waals surface area contributed by atoms with Gasteiger partial charge in [-0.15, -0.1) is 0 Å². The Morgan fingerprint density at radius 1 is 1.47 bits per heavy atom. The number of hydrogen-bond acceptors (Lipinski definition) is 3. The number of halogens is 1. The molecule has 1 aromatic rings. The van der Waals surface area contributed by atoms with Gasteiger partial charge in [0.05, 0.1) is 18.7 Å². The van der Waals surface area contributed by atoms with Crippen LogP contribution >= 0.6 is 15.9 Å². The maximum absolute atomic E-state index is 12.2. The second-order valence-corrected chi connectivity index (χ2v) is 6.21. The third kappa shape index (κ3) is 3.35. The Labute approximate surface area is 122 Å². The van der Waals surface area contributed by atoms with E-state index in [1.165, 1.54) is 0 Å². The van der Waals surface area contributed by atoms with Gasteiger partial charge in [0, 0.05) is 11.0 Å². The van der Waals surface area contributed by atoms with Crippen molar-refractivity contribution in [2.75, 3.05) is 19.7 Å². The predicted molar refractivity (Wildman–Crippen MR) is 77.7 cm³/mol. The van der Waals surface area contributed by atoms with Gasteiger partial charge in [0.1, 0.15) is 6.10 Å². The van der Waals surface area contributed by atoms with Gasteiger partial charge in [-0.2, -0.15) is 0 Å². The van der Waals surface area contributed by atoms with Crippen LogP contribution in [0, 0.1) is 0 Å². The van der Waals surface area contributed by atoms with E-state index in [4.69, 9.17) is 10.5 Å². The lowest BCUT2D eigenvalue weighted by atomic mass is 10.0. The zero-order valence-electron chi connectivity index (χ0n) is 11.2. The lowest BCUT2D eigenvalue weighted by molar-refractivity contribution is -0.143. The van der Waals surface area contributed by atoms with E-state index >= 15 is 0 Å². The highest BCUT2D eigenvalue weighted by Gasteiger charge is 2.32. The van der Waals surface area contributed by atoms with Crippen molar-refractivity contribution in [3.63, 3.8) is 0 Å². The average Bonchev–Trinajstić information content (AvgIpc) is 2.37. The lowest BCUT2D eigenvalue weighted by Gasteiger charge is -2.36. The van der Waals surface area contributed by atoms with Gasteiger partial charge in [0.2, 0.25) is 5.91 Å². The summed E-state index contributed by atoms with van der Waals surface area (Å²) in [4.78, 5) is 14.0. The number of nitrogens with zero attached hydrogens (tertiary/aromatic N) is 1. The summed E-state index contributed by atoms with van der Waals surface area (Å²) in [5.41, 5.74) is 6.11. The fourth-order valence-electron chi connectivity index (χ4n) is 2.17. The van der Waals surface area contributed by atoms with Crippen LogP contribution in [0.2, 0.25) is 0 Å². The number of carbonyl (C=O) groups excluding carboxylic acids is 1. The smallest absolute Gasteiger partial charge is 0.242 e. The fourth-order valence-corrected chi connectivity index (χ4v) is 2.71. The molecule has 4 nitrogen and oxygen atoms in total. The fraction of sp³-hybridized carbons (Fsp3) is 0.500. The first kappa shape index (κ1) is 14.5. The van der Waals surface area contributed by atoms with Crippen LogP contribution in [-0.2, 0) is 9.53 Å². The first-order chi connectivity index (χ1) is 8.89. The van der Waals surface area contributed by atoms with Gasteiger partial charge in [0.15, 0.2) is 0 Å². The Kier molecular flexibility index (Phi) is 4.28. The van der Waals surface area contributed by atoms with E-state index in [0.29, 0.717) is 19.7 Å². The minimum absolute atomic E-state index is 0.0344. The van der Waals surface area contributed by atoms with Gasteiger partial charge in [-0.1, -0.05) is 34.1 Å². The molecule has 104 valence electrons. The van der Waals surface area contributed by atoms with Crippen molar-refractivity contribution in [1.29, 1.82) is 0 Å². The Balaban J connectivity index is 2.14. The molecule has 0 saturated carbocycles. The molecule has 1 amide bonds. The quantitative estimate of drug-likeness (QED) is 0.905. The average molecular weight is 327 g/mol. The topological polar surface area (TPSA) is 55.6 Å². The van der Waals surface area contributed by atoms with Crippen molar-refractivity contribution in [2.45, 2.75) is 25.5 Å². The number of rotatable bonds is 2. The van der Waals surface area contributed by atoms with Crippen LogP contribution in [0.1, 0.15) is 25.5 Å². The molecule has 0 aromatic heterocycles. The highest BCUT2D eigenvalue weighted by Crippen LogP contribution is 2.29. The van der Waals surface area contributed by atoms with Gasteiger partial charge < -0.3 is 15.4 Å². The Bertz CT molecular complexity index is 471. The second-order valence-electron chi connectivity index (χ2n) is 5.35. The molecule has 0 bridgehead atoms. The number of amides is 1. The Hall–Kier alpha value is -0.910. The molecule has 1 aliphatic rings. The molecule has 1 fully saturated rings. The zero-order valence-corrected chi connectivity index (χ0v) is 12.8. The van der Waals surface area contributed by atoms with Crippen LogP contribution in [-0.4, -0.2) is 36.0 Å². The first-order valence-electron chi connectivity index (χ1n) is 6.34. The van der Waals surface area contributed by atoms with Crippen molar-refractivity contribution >= 4 is 21.8 Å². The monoisotopic (exact) mass is 326 g/mol. The zero-order chi connectivity index (χ0) is 14.0. The lowest BCUT2D eigenvalue weighted by Crippen LogP contribution is -2.54. The van der Waals surface area contributed by atoms with Crippen LogP contribution < -0.4 is 5.73 Å². The SMILES string of the molecule is CC(C)(N)C(=O)N1CCOC(c2ccccc2Br)C1. The molecule has 0 radical (unpaired) electrons. The minimum atomic E-state index is -0.837. The van der Waals surface area contributed by atoms with Crippen molar-refractivity contribution in [3.8, 4) is 0 Å². The molecule has 1 saturated heterocycles. The molecule has 0 aliphatic carbocycles. The third-order valence-corrected chi connectivity index (χ3v) is 3.88. The number of morpholine rings is 1. The van der Waals surface area contributed by atoms with Crippen molar-refractivity contribution in [3.05, 3.63) is 34.3 Å². The normalized spacial score (nSPS) is 20.4. The van der Waals surface area contributed by atoms with E-state index in [2.05, 4.69) is 15.9 Å². The third-order valence-electron chi connectivity index (χ3n) is 3.16. The number of nitrogens with two attached hydrogens (primary N) is 1. The number of ether oxygens (including phenoxy) is 1. The predicted octanol–water partition coefficient (Wildman–Crippen LogP) is 2.09. The number of benzene rings is 1. The maximum atomic E-state index is 12.2. The van der Waals surface area contributed by atoms with Gasteiger partial charge in [-0.25, -0.2) is 0 Å². The van der Waals surface area contributed by atoms with Crippen LogP contribution in [0.25, 0.3) is 0 Å². The molecule has 1 unspecified atom stereocenters. The Morgan fingerprint density at radius 2 is 2.16 bits per heavy atom. The second kappa shape index (κ2) is 5.61. The van der Waals surface area contributed by atoms with Gasteiger partial charge in [-0.3, -0.25) is 4.79 Å². The molecule has 2 N–H and O–H groups in total. The van der Waals surface area contributed by atoms with E-state index in [0.717, 1.165) is 10.0 Å². The van der Waals surface area contributed by atoms with Crippen LogP contribution in [0.3, 0.4) is 0 Å². The summed E-state index contributed by atoms with van der Waals surface area (Å²) < 4.78 is 6.77. The minimum Gasteiger partial charge on any atom is -0.370 e. The maximum Gasteiger partial charge on any atom is 0.242 e. The van der Waals surface area contributed by atoms with Gasteiger partial charge >= 0.3 is 0 Å². The van der Waals surface area contributed by atoms with Crippen molar-refractivity contribution in [2.24, 2.45) is 5.73 Å². The van der Waals surface area contributed by atoms with Crippen molar-refractivity contribution < 1.29 is 9.53 Å². The molecule has 19 heavy (non-hydrogen) atoms. The van der Waals surface area contributed by atoms with Crippen LogP contribution in [0.4, 0.5) is 0 Å². The van der Waals surface area contributed by atoms with E-state index < -0.39 is 5.54 Å². The van der Waals surface area contributed by atoms with E-state index in [9.17, 15) is 4.79 Å². The molecular formula is C14H19BrN2O2. The summed E-state index contributed by atoms with van der Waals surface area (Å²) in [7, 11) is 0. The van der Waals surface area contributed by atoms with E-state index in [1.807, 2.05) is 24.3 Å². The largest absolute Gasteiger partial charge is 0.370 e. The van der Waals surface area contributed by atoms with E-state index in [-0.39, 0.29) is 12.0 Å². The summed E-state index contributed by atoms with van der Waals surface area (Å²) in [6.07, 6.45) is -0.101. The Morgan fingerprint density at radius 3 is 2.79 bits per heavy atom. The molecule has 1 atom stereocenters. The molecule has 1 aliphatic heterocycles. The summed E-state index contributed by atoms with van der Waals surface area (Å²) in [6.45, 7) is 5.15.